The third-order valence-corrected chi connectivity index (χ3v) is 8.59. The second kappa shape index (κ2) is 8.48. The van der Waals surface area contributed by atoms with Gasteiger partial charge >= 0.3 is 0 Å². The van der Waals surface area contributed by atoms with E-state index in [1.54, 1.807) is 6.07 Å². The SMILES string of the molecule is CC1(NC(=O)C2(NC(=O)c3cc4ccc(-c5ccc(C6(O)CCC6)cc5)cc4o3)CCCCC2)CC1. The molecule has 0 spiro atoms. The Morgan fingerprint density at radius 3 is 2.14 bits per heavy atom. The summed E-state index contributed by atoms with van der Waals surface area (Å²) in [5.41, 5.74) is 1.93. The van der Waals surface area contributed by atoms with Crippen molar-refractivity contribution in [2.24, 2.45) is 0 Å². The maximum Gasteiger partial charge on any atom is 0.287 e. The molecular formula is C30H34N2O4. The summed E-state index contributed by atoms with van der Waals surface area (Å²) >= 11 is 0. The second-order valence-corrected chi connectivity index (χ2v) is 11.4. The summed E-state index contributed by atoms with van der Waals surface area (Å²) in [7, 11) is 0. The van der Waals surface area contributed by atoms with E-state index in [0.29, 0.717) is 18.4 Å². The van der Waals surface area contributed by atoms with E-state index in [1.807, 2.05) is 42.5 Å². The van der Waals surface area contributed by atoms with Crippen LogP contribution in [0.15, 0.2) is 52.9 Å². The fourth-order valence-corrected chi connectivity index (χ4v) is 5.65. The number of nitrogens with one attached hydrogen (secondary N) is 2. The van der Waals surface area contributed by atoms with Crippen molar-refractivity contribution in [2.75, 3.05) is 0 Å². The molecule has 6 nitrogen and oxygen atoms in total. The first-order valence-electron chi connectivity index (χ1n) is 13.3. The van der Waals surface area contributed by atoms with E-state index in [9.17, 15) is 14.7 Å². The summed E-state index contributed by atoms with van der Waals surface area (Å²) in [6.45, 7) is 2.06. The molecule has 2 amide bonds. The standard InChI is InChI=1S/C30H34N2O4/c1-28(16-17-28)32-27(34)29(12-3-2-4-13-29)31-26(33)25-19-22-7-6-21(18-24(22)36-25)20-8-10-23(11-9-20)30(35)14-5-15-30/h6-11,18-19,35H,2-5,12-17H2,1H3,(H,31,33)(H,32,34). The number of carbonyl (C=O) groups is 2. The van der Waals surface area contributed by atoms with Crippen LogP contribution in [0.25, 0.3) is 22.1 Å². The zero-order chi connectivity index (χ0) is 25.0. The van der Waals surface area contributed by atoms with Gasteiger partial charge in [0.05, 0.1) is 5.60 Å². The summed E-state index contributed by atoms with van der Waals surface area (Å²) in [4.78, 5) is 26.5. The van der Waals surface area contributed by atoms with E-state index in [1.165, 1.54) is 0 Å². The van der Waals surface area contributed by atoms with Gasteiger partial charge in [-0.25, -0.2) is 0 Å². The van der Waals surface area contributed by atoms with Gasteiger partial charge in [-0.1, -0.05) is 55.7 Å². The number of furan rings is 1. The molecule has 1 aromatic heterocycles. The molecule has 6 heteroatoms. The van der Waals surface area contributed by atoms with Crippen molar-refractivity contribution in [1.82, 2.24) is 10.6 Å². The van der Waals surface area contributed by atoms with Gasteiger partial charge in [0, 0.05) is 10.9 Å². The molecule has 0 atom stereocenters. The minimum absolute atomic E-state index is 0.0658. The first kappa shape index (κ1) is 23.3. The Kier molecular flexibility index (Phi) is 5.48. The van der Waals surface area contributed by atoms with Gasteiger partial charge in [0.2, 0.25) is 5.91 Å². The molecule has 0 radical (unpaired) electrons. The van der Waals surface area contributed by atoms with E-state index in [2.05, 4.69) is 17.6 Å². The first-order chi connectivity index (χ1) is 17.3. The summed E-state index contributed by atoms with van der Waals surface area (Å²) < 4.78 is 5.99. The molecule has 1 heterocycles. The van der Waals surface area contributed by atoms with Gasteiger partial charge in [0.15, 0.2) is 5.76 Å². The minimum Gasteiger partial charge on any atom is -0.451 e. The van der Waals surface area contributed by atoms with Crippen molar-refractivity contribution < 1.29 is 19.1 Å². The third kappa shape index (κ3) is 4.21. The van der Waals surface area contributed by atoms with Gasteiger partial charge in [-0.3, -0.25) is 9.59 Å². The van der Waals surface area contributed by atoms with Crippen molar-refractivity contribution in [2.45, 2.75) is 87.8 Å². The number of aliphatic hydroxyl groups is 1. The normalized spacial score (nSPS) is 21.4. The van der Waals surface area contributed by atoms with E-state index in [0.717, 1.165) is 73.4 Å². The highest BCUT2D eigenvalue weighted by atomic mass is 16.3. The lowest BCUT2D eigenvalue weighted by Crippen LogP contribution is -2.61. The lowest BCUT2D eigenvalue weighted by molar-refractivity contribution is -0.129. The molecule has 0 unspecified atom stereocenters. The average molecular weight is 487 g/mol. The van der Waals surface area contributed by atoms with E-state index in [-0.39, 0.29) is 23.1 Å². The van der Waals surface area contributed by atoms with Crippen LogP contribution >= 0.6 is 0 Å². The van der Waals surface area contributed by atoms with Crippen LogP contribution in [0.3, 0.4) is 0 Å². The topological polar surface area (TPSA) is 91.6 Å². The number of benzene rings is 2. The second-order valence-electron chi connectivity index (χ2n) is 11.4. The summed E-state index contributed by atoms with van der Waals surface area (Å²) in [6.07, 6.45) is 8.89. The zero-order valence-corrected chi connectivity index (χ0v) is 20.9. The molecule has 3 N–H and O–H groups in total. The average Bonchev–Trinajstić information content (AvgIpc) is 3.43. The molecular weight excluding hydrogens is 452 g/mol. The molecule has 6 rings (SSSR count). The van der Waals surface area contributed by atoms with Gasteiger partial charge in [0.25, 0.3) is 5.91 Å². The highest BCUT2D eigenvalue weighted by molar-refractivity contribution is 6.00. The largest absolute Gasteiger partial charge is 0.451 e. The van der Waals surface area contributed by atoms with Crippen LogP contribution < -0.4 is 10.6 Å². The fourth-order valence-electron chi connectivity index (χ4n) is 5.65. The Labute approximate surface area is 211 Å². The van der Waals surface area contributed by atoms with E-state index >= 15 is 0 Å². The Bertz CT molecular complexity index is 1310. The first-order valence-corrected chi connectivity index (χ1v) is 13.3. The lowest BCUT2D eigenvalue weighted by Gasteiger charge is -2.37. The van der Waals surface area contributed by atoms with Crippen molar-refractivity contribution in [1.29, 1.82) is 0 Å². The number of hydrogen-bond acceptors (Lipinski definition) is 4. The fraction of sp³-hybridized carbons (Fsp3) is 0.467. The van der Waals surface area contributed by atoms with Crippen LogP contribution in [0.1, 0.15) is 87.3 Å². The molecule has 0 aliphatic heterocycles. The van der Waals surface area contributed by atoms with Crippen LogP contribution in [0.4, 0.5) is 0 Å². The molecule has 3 aliphatic carbocycles. The molecule has 188 valence electrons. The van der Waals surface area contributed by atoms with Crippen LogP contribution in [0.5, 0.6) is 0 Å². The molecule has 36 heavy (non-hydrogen) atoms. The third-order valence-electron chi connectivity index (χ3n) is 8.59. The van der Waals surface area contributed by atoms with Gasteiger partial charge in [-0.15, -0.1) is 0 Å². The molecule has 3 aromatic rings. The Hall–Kier alpha value is -3.12. The van der Waals surface area contributed by atoms with Crippen LogP contribution in [-0.2, 0) is 10.4 Å². The lowest BCUT2D eigenvalue weighted by atomic mass is 9.75. The predicted molar refractivity (Wildman–Crippen MR) is 138 cm³/mol. The van der Waals surface area contributed by atoms with Gasteiger partial charge in [-0.2, -0.15) is 0 Å². The molecule has 3 saturated carbocycles. The van der Waals surface area contributed by atoms with Crippen molar-refractivity contribution in [3.8, 4) is 11.1 Å². The number of amides is 2. The maximum atomic E-state index is 13.3. The van der Waals surface area contributed by atoms with Crippen LogP contribution in [-0.4, -0.2) is 28.0 Å². The molecule has 3 aliphatic rings. The molecule has 3 fully saturated rings. The highest BCUT2D eigenvalue weighted by Crippen LogP contribution is 2.41. The number of fused-ring (bicyclic) bond motifs is 1. The number of carbonyl (C=O) groups excluding carboxylic acids is 2. The quantitative estimate of drug-likeness (QED) is 0.425. The van der Waals surface area contributed by atoms with Crippen LogP contribution in [0.2, 0.25) is 0 Å². The summed E-state index contributed by atoms with van der Waals surface area (Å²) in [5.74, 6) is -0.187. The molecule has 2 aromatic carbocycles. The predicted octanol–water partition coefficient (Wildman–Crippen LogP) is 5.57. The van der Waals surface area contributed by atoms with Gasteiger partial charge in [-0.05, 0) is 80.7 Å². The molecule has 0 saturated heterocycles. The Morgan fingerprint density at radius 2 is 1.50 bits per heavy atom. The number of hydrogen-bond donors (Lipinski definition) is 3. The van der Waals surface area contributed by atoms with Crippen molar-refractivity contribution in [3.05, 3.63) is 59.9 Å². The van der Waals surface area contributed by atoms with Crippen molar-refractivity contribution in [3.63, 3.8) is 0 Å². The highest BCUT2D eigenvalue weighted by Gasteiger charge is 2.47. The van der Waals surface area contributed by atoms with Crippen molar-refractivity contribution >= 4 is 22.8 Å². The van der Waals surface area contributed by atoms with Gasteiger partial charge in [0.1, 0.15) is 11.1 Å². The monoisotopic (exact) mass is 486 g/mol. The Morgan fingerprint density at radius 1 is 0.806 bits per heavy atom. The Balaban J connectivity index is 1.22. The number of rotatable bonds is 6. The minimum atomic E-state index is -0.878. The zero-order valence-electron chi connectivity index (χ0n) is 20.9. The smallest absolute Gasteiger partial charge is 0.287 e. The summed E-state index contributed by atoms with van der Waals surface area (Å²) in [5, 5.41) is 17.7. The molecule has 0 bridgehead atoms. The van der Waals surface area contributed by atoms with Crippen LogP contribution in [0, 0.1) is 0 Å². The van der Waals surface area contributed by atoms with E-state index in [4.69, 9.17) is 4.42 Å². The maximum absolute atomic E-state index is 13.3. The van der Waals surface area contributed by atoms with Gasteiger partial charge < -0.3 is 20.2 Å². The summed E-state index contributed by atoms with van der Waals surface area (Å²) in [6, 6.07) is 15.7. The van der Waals surface area contributed by atoms with E-state index < -0.39 is 11.1 Å².